The molecular weight excluding hydrogens is 512 g/mol. The Balaban J connectivity index is 1.32. The van der Waals surface area contributed by atoms with Crippen LogP contribution in [0.3, 0.4) is 0 Å². The van der Waals surface area contributed by atoms with E-state index in [1.54, 1.807) is 12.1 Å². The third kappa shape index (κ3) is 5.66. The molecule has 0 aliphatic carbocycles. The highest BCUT2D eigenvalue weighted by Crippen LogP contribution is 2.36. The normalized spacial score (nSPS) is 14.8. The van der Waals surface area contributed by atoms with Gasteiger partial charge in [-0.1, -0.05) is 32.7 Å². The molecule has 4 rings (SSSR count). The predicted molar refractivity (Wildman–Crippen MR) is 129 cm³/mol. The number of methoxy groups -OCH3 is 2. The van der Waals surface area contributed by atoms with Crippen LogP contribution in [-0.2, 0) is 11.3 Å². The Morgan fingerprint density at radius 2 is 1.88 bits per heavy atom. The van der Waals surface area contributed by atoms with E-state index >= 15 is 0 Å². The fourth-order valence-electron chi connectivity index (χ4n) is 3.77. The number of anilines is 1. The summed E-state index contributed by atoms with van der Waals surface area (Å²) in [5.41, 5.74) is 1.44. The minimum Gasteiger partial charge on any atom is -0.495 e. The molecule has 1 fully saturated rings. The molecule has 1 aliphatic heterocycles. The first kappa shape index (κ1) is 23.5. The second kappa shape index (κ2) is 10.5. The maximum atomic E-state index is 12.9. The minimum atomic E-state index is -0.103. The number of hydrogen-bond donors (Lipinski definition) is 1. The van der Waals surface area contributed by atoms with Gasteiger partial charge in [0.15, 0.2) is 0 Å². The van der Waals surface area contributed by atoms with Gasteiger partial charge in [-0.05, 0) is 50.2 Å². The fraction of sp³-hybridized carbons (Fsp3) is 0.348. The molecule has 1 N–H and O–H groups in total. The van der Waals surface area contributed by atoms with E-state index in [-0.39, 0.29) is 11.8 Å². The zero-order valence-electron chi connectivity index (χ0n) is 18.3. The van der Waals surface area contributed by atoms with Crippen LogP contribution in [-0.4, -0.2) is 48.3 Å². The number of ether oxygens (including phenoxy) is 2. The molecule has 0 spiro atoms. The summed E-state index contributed by atoms with van der Waals surface area (Å²) in [6.45, 7) is 2.07. The van der Waals surface area contributed by atoms with E-state index in [1.807, 2.05) is 24.3 Å². The molecule has 0 radical (unpaired) electrons. The van der Waals surface area contributed by atoms with Gasteiger partial charge in [0.25, 0.3) is 0 Å². The number of halogens is 2. The SMILES string of the molecule is COc1cc(NC(=O)C2CCN(Cc3nc(-c4ccc(Br)cc4)no3)CC2)c(OC)cc1Cl. The topological polar surface area (TPSA) is 89.7 Å². The Labute approximate surface area is 205 Å². The van der Waals surface area contributed by atoms with Crippen LogP contribution in [0.5, 0.6) is 11.5 Å². The van der Waals surface area contributed by atoms with Crippen LogP contribution in [0.15, 0.2) is 45.4 Å². The van der Waals surface area contributed by atoms with E-state index in [9.17, 15) is 4.79 Å². The first-order valence-corrected chi connectivity index (χ1v) is 11.7. The predicted octanol–water partition coefficient (Wildman–Crippen LogP) is 5.02. The molecule has 8 nitrogen and oxygen atoms in total. The third-order valence-corrected chi connectivity index (χ3v) is 6.44. The first-order valence-electron chi connectivity index (χ1n) is 10.5. The van der Waals surface area contributed by atoms with E-state index in [0.29, 0.717) is 40.5 Å². The number of carbonyl (C=O) groups is 1. The molecule has 1 aromatic heterocycles. The van der Waals surface area contributed by atoms with Gasteiger partial charge in [0.05, 0.1) is 31.5 Å². The summed E-state index contributed by atoms with van der Waals surface area (Å²) < 4.78 is 17.0. The largest absolute Gasteiger partial charge is 0.495 e. The number of benzene rings is 2. The van der Waals surface area contributed by atoms with E-state index in [1.165, 1.54) is 14.2 Å². The molecule has 2 aromatic carbocycles. The summed E-state index contributed by atoms with van der Waals surface area (Å²) in [6, 6.07) is 11.1. The average Bonchev–Trinajstić information content (AvgIpc) is 3.29. The van der Waals surface area contributed by atoms with Crippen molar-refractivity contribution in [3.05, 3.63) is 51.8 Å². The summed E-state index contributed by atoms with van der Waals surface area (Å²) >= 11 is 9.57. The molecule has 1 aliphatic rings. The number of nitrogens with zero attached hydrogens (tertiary/aromatic N) is 3. The van der Waals surface area contributed by atoms with E-state index in [4.69, 9.17) is 25.6 Å². The van der Waals surface area contributed by atoms with Crippen molar-refractivity contribution in [3.63, 3.8) is 0 Å². The Morgan fingerprint density at radius 1 is 1.18 bits per heavy atom. The van der Waals surface area contributed by atoms with Crippen LogP contribution in [0.1, 0.15) is 18.7 Å². The monoisotopic (exact) mass is 534 g/mol. The number of nitrogens with one attached hydrogen (secondary N) is 1. The molecule has 0 saturated carbocycles. The molecule has 174 valence electrons. The maximum absolute atomic E-state index is 12.9. The van der Waals surface area contributed by atoms with Gasteiger partial charge in [-0.2, -0.15) is 4.98 Å². The number of likely N-dealkylation sites (tertiary alicyclic amines) is 1. The van der Waals surface area contributed by atoms with Crippen molar-refractivity contribution in [2.45, 2.75) is 19.4 Å². The molecule has 1 saturated heterocycles. The molecule has 0 unspecified atom stereocenters. The highest BCUT2D eigenvalue weighted by molar-refractivity contribution is 9.10. The number of aromatic nitrogens is 2. The van der Waals surface area contributed by atoms with Gasteiger partial charge >= 0.3 is 0 Å². The van der Waals surface area contributed by atoms with Gasteiger partial charge in [-0.3, -0.25) is 9.69 Å². The molecule has 0 atom stereocenters. The molecule has 0 bridgehead atoms. The van der Waals surface area contributed by atoms with E-state index in [0.717, 1.165) is 36.0 Å². The fourth-order valence-corrected chi connectivity index (χ4v) is 4.27. The Hall–Kier alpha value is -2.62. The highest BCUT2D eigenvalue weighted by Gasteiger charge is 2.27. The Bertz CT molecular complexity index is 1110. The van der Waals surface area contributed by atoms with Crippen molar-refractivity contribution in [2.75, 3.05) is 32.6 Å². The van der Waals surface area contributed by atoms with Crippen molar-refractivity contribution in [1.29, 1.82) is 0 Å². The molecule has 1 amide bonds. The minimum absolute atomic E-state index is 0.0485. The number of hydrogen-bond acceptors (Lipinski definition) is 7. The Kier molecular flexibility index (Phi) is 7.52. The lowest BCUT2D eigenvalue weighted by atomic mass is 9.95. The van der Waals surface area contributed by atoms with Crippen molar-refractivity contribution < 1.29 is 18.8 Å². The summed E-state index contributed by atoms with van der Waals surface area (Å²) in [7, 11) is 3.06. The van der Waals surface area contributed by atoms with Gasteiger partial charge in [0.2, 0.25) is 17.6 Å². The van der Waals surface area contributed by atoms with Crippen molar-refractivity contribution in [1.82, 2.24) is 15.0 Å². The quantitative estimate of drug-likeness (QED) is 0.454. The van der Waals surface area contributed by atoms with Crippen LogP contribution >= 0.6 is 27.5 Å². The number of rotatable bonds is 7. The van der Waals surface area contributed by atoms with Gasteiger partial charge in [-0.15, -0.1) is 0 Å². The molecule has 33 heavy (non-hydrogen) atoms. The van der Waals surface area contributed by atoms with Crippen molar-refractivity contribution >= 4 is 39.1 Å². The number of amides is 1. The standard InChI is InChI=1S/C23H24BrClN4O4/c1-31-19-12-18(20(32-2)11-17(19)25)26-23(30)15-7-9-29(10-8-15)13-21-27-22(28-33-21)14-3-5-16(24)6-4-14/h3-6,11-12,15H,7-10,13H2,1-2H3,(H,26,30). The zero-order valence-corrected chi connectivity index (χ0v) is 20.6. The van der Waals surface area contributed by atoms with Crippen molar-refractivity contribution in [2.24, 2.45) is 5.92 Å². The van der Waals surface area contributed by atoms with E-state index < -0.39 is 0 Å². The summed E-state index contributed by atoms with van der Waals surface area (Å²) in [5, 5.41) is 7.46. The molecular formula is C23H24BrClN4O4. The lowest BCUT2D eigenvalue weighted by Crippen LogP contribution is -2.37. The van der Waals surface area contributed by atoms with E-state index in [2.05, 4.69) is 36.3 Å². The van der Waals surface area contributed by atoms with Crippen LogP contribution in [0.4, 0.5) is 5.69 Å². The van der Waals surface area contributed by atoms with Gasteiger partial charge in [0, 0.05) is 28.1 Å². The maximum Gasteiger partial charge on any atom is 0.241 e. The van der Waals surface area contributed by atoms with Crippen LogP contribution in [0, 0.1) is 5.92 Å². The summed E-state index contributed by atoms with van der Waals surface area (Å²) in [4.78, 5) is 19.6. The second-order valence-corrected chi connectivity index (χ2v) is 9.07. The van der Waals surface area contributed by atoms with Gasteiger partial charge in [0.1, 0.15) is 11.5 Å². The van der Waals surface area contributed by atoms with Crippen LogP contribution < -0.4 is 14.8 Å². The molecule has 2 heterocycles. The van der Waals surface area contributed by atoms with Crippen LogP contribution in [0.25, 0.3) is 11.4 Å². The molecule has 10 heteroatoms. The second-order valence-electron chi connectivity index (χ2n) is 7.75. The average molecular weight is 536 g/mol. The van der Waals surface area contributed by atoms with Crippen LogP contribution in [0.2, 0.25) is 5.02 Å². The smallest absolute Gasteiger partial charge is 0.241 e. The number of piperidine rings is 1. The van der Waals surface area contributed by atoms with Crippen molar-refractivity contribution in [3.8, 4) is 22.9 Å². The summed E-state index contributed by atoms with van der Waals surface area (Å²) in [5.74, 6) is 1.95. The van der Waals surface area contributed by atoms with Gasteiger partial charge in [-0.25, -0.2) is 0 Å². The zero-order chi connectivity index (χ0) is 23.4. The molecule has 3 aromatic rings. The summed E-state index contributed by atoms with van der Waals surface area (Å²) in [6.07, 6.45) is 1.46. The number of carbonyl (C=O) groups excluding carboxylic acids is 1. The Morgan fingerprint density at radius 3 is 2.55 bits per heavy atom. The van der Waals surface area contributed by atoms with Gasteiger partial charge < -0.3 is 19.3 Å². The lowest BCUT2D eigenvalue weighted by Gasteiger charge is -2.30. The lowest BCUT2D eigenvalue weighted by molar-refractivity contribution is -0.121. The first-order chi connectivity index (χ1) is 16.0. The highest BCUT2D eigenvalue weighted by atomic mass is 79.9. The third-order valence-electron chi connectivity index (χ3n) is 5.62.